The Morgan fingerprint density at radius 1 is 0.778 bits per heavy atom. The fraction of sp³-hybridized carbons (Fsp3) is 1.00. The molecule has 0 aromatic heterocycles. The maximum atomic E-state index is 10.3. The molecule has 0 rings (SSSR count). The SMILES string of the molecule is CCCCCS(=O)(=O)Cl.O=S(=O)(Cl)CCCCCl. The number of halogens is 3. The van der Waals surface area contributed by atoms with E-state index in [4.69, 9.17) is 33.0 Å². The average molecular weight is 362 g/mol. The highest BCUT2D eigenvalue weighted by Gasteiger charge is 2.02. The van der Waals surface area contributed by atoms with E-state index in [0.29, 0.717) is 25.1 Å². The summed E-state index contributed by atoms with van der Waals surface area (Å²) in [7, 11) is 3.33. The summed E-state index contributed by atoms with van der Waals surface area (Å²) in [5, 5.41) is 0. The van der Waals surface area contributed by atoms with Crippen LogP contribution >= 0.6 is 33.0 Å². The molecule has 0 amide bonds. The lowest BCUT2D eigenvalue weighted by molar-refractivity contribution is 0.603. The first-order valence-corrected chi connectivity index (χ1v) is 11.0. The predicted molar refractivity (Wildman–Crippen MR) is 78.8 cm³/mol. The van der Waals surface area contributed by atoms with Crippen LogP contribution in [0.3, 0.4) is 0 Å². The quantitative estimate of drug-likeness (QED) is 0.378. The van der Waals surface area contributed by atoms with Gasteiger partial charge >= 0.3 is 0 Å². The van der Waals surface area contributed by atoms with Gasteiger partial charge < -0.3 is 0 Å². The van der Waals surface area contributed by atoms with Gasteiger partial charge in [-0.3, -0.25) is 0 Å². The zero-order chi connectivity index (χ0) is 14.7. The minimum Gasteiger partial charge on any atom is -0.212 e. The normalized spacial score (nSPS) is 11.8. The Morgan fingerprint density at radius 2 is 1.17 bits per heavy atom. The van der Waals surface area contributed by atoms with Crippen molar-refractivity contribution in [2.24, 2.45) is 0 Å². The van der Waals surface area contributed by atoms with Crippen LogP contribution in [0.5, 0.6) is 0 Å². The molecule has 0 atom stereocenters. The summed E-state index contributed by atoms with van der Waals surface area (Å²) in [6.07, 6.45) is 3.89. The summed E-state index contributed by atoms with van der Waals surface area (Å²) in [4.78, 5) is 0. The van der Waals surface area contributed by atoms with Gasteiger partial charge in [0.25, 0.3) is 0 Å². The Kier molecular flexibility index (Phi) is 13.6. The summed E-state index contributed by atoms with van der Waals surface area (Å²) >= 11 is 5.29. The minimum absolute atomic E-state index is 0.0290. The van der Waals surface area contributed by atoms with Gasteiger partial charge in [-0.05, 0) is 19.3 Å². The van der Waals surface area contributed by atoms with Gasteiger partial charge in [-0.15, -0.1) is 11.6 Å². The van der Waals surface area contributed by atoms with Crippen molar-refractivity contribution in [1.29, 1.82) is 0 Å². The van der Waals surface area contributed by atoms with Crippen LogP contribution in [0.4, 0.5) is 0 Å². The highest BCUT2D eigenvalue weighted by atomic mass is 35.7. The van der Waals surface area contributed by atoms with Crippen LogP contribution < -0.4 is 0 Å². The molecule has 0 saturated carbocycles. The van der Waals surface area contributed by atoms with Crippen molar-refractivity contribution in [1.82, 2.24) is 0 Å². The second kappa shape index (κ2) is 11.6. The molecule has 0 spiro atoms. The molecule has 0 aliphatic heterocycles. The fourth-order valence-electron chi connectivity index (χ4n) is 0.893. The lowest BCUT2D eigenvalue weighted by Gasteiger charge is -1.92. The van der Waals surface area contributed by atoms with Crippen LogP contribution in [-0.2, 0) is 18.1 Å². The number of hydrogen-bond donors (Lipinski definition) is 0. The maximum Gasteiger partial charge on any atom is 0.232 e. The monoisotopic (exact) mass is 360 g/mol. The van der Waals surface area contributed by atoms with E-state index in [1.165, 1.54) is 0 Å². The first kappa shape index (κ1) is 21.1. The number of unbranched alkanes of at least 4 members (excludes halogenated alkanes) is 3. The summed E-state index contributed by atoms with van der Waals surface area (Å²) in [6, 6.07) is 0. The molecule has 0 aromatic carbocycles. The van der Waals surface area contributed by atoms with E-state index in [9.17, 15) is 16.8 Å². The number of hydrogen-bond acceptors (Lipinski definition) is 4. The third kappa shape index (κ3) is 25.6. The molecule has 0 N–H and O–H groups in total. The van der Waals surface area contributed by atoms with Gasteiger partial charge in [-0.25, -0.2) is 16.8 Å². The van der Waals surface area contributed by atoms with E-state index in [2.05, 4.69) is 0 Å². The third-order valence-electron chi connectivity index (χ3n) is 1.76. The Labute approximate surface area is 124 Å². The van der Waals surface area contributed by atoms with E-state index < -0.39 is 18.1 Å². The van der Waals surface area contributed by atoms with E-state index in [-0.39, 0.29) is 11.5 Å². The van der Waals surface area contributed by atoms with E-state index in [1.54, 1.807) is 0 Å². The molecule has 18 heavy (non-hydrogen) atoms. The van der Waals surface area contributed by atoms with Crippen LogP contribution in [0, 0.1) is 0 Å². The molecule has 0 radical (unpaired) electrons. The van der Waals surface area contributed by atoms with Gasteiger partial charge in [-0.2, -0.15) is 0 Å². The van der Waals surface area contributed by atoms with Crippen molar-refractivity contribution in [3.63, 3.8) is 0 Å². The Balaban J connectivity index is 0. The van der Waals surface area contributed by atoms with Crippen molar-refractivity contribution in [3.05, 3.63) is 0 Å². The van der Waals surface area contributed by atoms with Crippen LogP contribution in [-0.4, -0.2) is 34.2 Å². The molecule has 0 unspecified atom stereocenters. The summed E-state index contributed by atoms with van der Waals surface area (Å²) < 4.78 is 41.0. The minimum atomic E-state index is -3.28. The third-order valence-corrected chi connectivity index (χ3v) is 4.51. The van der Waals surface area contributed by atoms with Crippen LogP contribution in [0.1, 0.15) is 39.0 Å². The van der Waals surface area contributed by atoms with Gasteiger partial charge in [0, 0.05) is 27.2 Å². The summed E-state index contributed by atoms with van der Waals surface area (Å²) in [5.41, 5.74) is 0. The lowest BCUT2D eigenvalue weighted by atomic mass is 10.3. The van der Waals surface area contributed by atoms with E-state index >= 15 is 0 Å². The first-order valence-electron chi connectivity index (χ1n) is 5.53. The maximum absolute atomic E-state index is 10.3. The zero-order valence-corrected chi connectivity index (χ0v) is 14.1. The molecule has 0 aliphatic carbocycles. The molecular formula is C9H19Cl3O4S2. The second-order valence-electron chi connectivity index (χ2n) is 3.59. The summed E-state index contributed by atoms with van der Waals surface area (Å²) in [6.45, 7) is 2.01. The molecule has 4 nitrogen and oxygen atoms in total. The molecule has 0 bridgehead atoms. The van der Waals surface area contributed by atoms with Gasteiger partial charge in [0.2, 0.25) is 18.1 Å². The van der Waals surface area contributed by atoms with Gasteiger partial charge in [0.05, 0.1) is 11.5 Å². The Hall–Kier alpha value is 0.770. The topological polar surface area (TPSA) is 68.3 Å². The summed E-state index contributed by atoms with van der Waals surface area (Å²) in [5.74, 6) is 0.635. The average Bonchev–Trinajstić information content (AvgIpc) is 2.16. The van der Waals surface area contributed by atoms with Gasteiger partial charge in [0.1, 0.15) is 0 Å². The molecule has 0 aromatic rings. The molecule has 0 saturated heterocycles. The number of alkyl halides is 1. The smallest absolute Gasteiger partial charge is 0.212 e. The van der Waals surface area contributed by atoms with Gasteiger partial charge in [0.15, 0.2) is 0 Å². The molecule has 0 heterocycles. The largest absolute Gasteiger partial charge is 0.232 e. The van der Waals surface area contributed by atoms with E-state index in [1.807, 2.05) is 6.92 Å². The standard InChI is InChI=1S/C5H11ClO2S.C4H8Cl2O2S/c1-2-3-4-5-9(6,7)8;5-3-1-2-4-9(6,7)8/h2-5H2,1H3;1-4H2. The highest BCUT2D eigenvalue weighted by Crippen LogP contribution is 2.02. The second-order valence-corrected chi connectivity index (χ2v) is 9.76. The molecule has 0 fully saturated rings. The Bertz CT molecular complexity index is 341. The zero-order valence-electron chi connectivity index (χ0n) is 10.2. The molecular weight excluding hydrogens is 343 g/mol. The van der Waals surface area contributed by atoms with Crippen molar-refractivity contribution in [2.75, 3.05) is 17.4 Å². The van der Waals surface area contributed by atoms with Crippen molar-refractivity contribution < 1.29 is 16.8 Å². The molecule has 0 aliphatic rings. The lowest BCUT2D eigenvalue weighted by Crippen LogP contribution is -1.96. The van der Waals surface area contributed by atoms with Crippen molar-refractivity contribution >= 4 is 51.1 Å². The van der Waals surface area contributed by atoms with Crippen LogP contribution in [0.2, 0.25) is 0 Å². The van der Waals surface area contributed by atoms with Crippen LogP contribution in [0.25, 0.3) is 0 Å². The van der Waals surface area contributed by atoms with Crippen molar-refractivity contribution in [2.45, 2.75) is 39.0 Å². The Morgan fingerprint density at radius 3 is 1.44 bits per heavy atom. The van der Waals surface area contributed by atoms with Crippen LogP contribution in [0.15, 0.2) is 0 Å². The molecule has 9 heteroatoms. The van der Waals surface area contributed by atoms with Gasteiger partial charge in [-0.1, -0.05) is 19.8 Å². The first-order chi connectivity index (χ1) is 8.12. The van der Waals surface area contributed by atoms with Crippen molar-refractivity contribution in [3.8, 4) is 0 Å². The molecule has 112 valence electrons. The predicted octanol–water partition coefficient (Wildman–Crippen LogP) is 3.32. The fourth-order valence-corrected chi connectivity index (χ4v) is 2.83. The highest BCUT2D eigenvalue weighted by molar-refractivity contribution is 8.14. The van der Waals surface area contributed by atoms with E-state index in [0.717, 1.165) is 12.8 Å². The number of rotatable bonds is 8.